The summed E-state index contributed by atoms with van der Waals surface area (Å²) in [7, 11) is 1.97. The second-order valence-electron chi connectivity index (χ2n) is 5.38. The van der Waals surface area contributed by atoms with E-state index in [2.05, 4.69) is 4.57 Å². The van der Waals surface area contributed by atoms with Crippen LogP contribution < -0.4 is 5.32 Å². The highest BCUT2D eigenvalue weighted by Crippen LogP contribution is 2.39. The molecular formula is C15H15F3N2O. The third-order valence-corrected chi connectivity index (χ3v) is 4.18. The number of hydrogen-bond donors (Lipinski definition) is 1. The summed E-state index contributed by atoms with van der Waals surface area (Å²) in [6.07, 6.45) is -3.23. The molecule has 1 aromatic heterocycles. The average Bonchev–Trinajstić information content (AvgIpc) is 2.97. The van der Waals surface area contributed by atoms with Crippen LogP contribution >= 0.6 is 0 Å². The SMILES string of the molecule is Cn1c2c(c3ccccc31)C(CNC(=O)C(F)(F)F)CC2. The van der Waals surface area contributed by atoms with Crippen molar-refractivity contribution in [2.24, 2.45) is 7.05 Å². The molecule has 0 fully saturated rings. The van der Waals surface area contributed by atoms with Gasteiger partial charge >= 0.3 is 12.1 Å². The fourth-order valence-corrected chi connectivity index (χ4v) is 3.21. The number of amides is 1. The van der Waals surface area contributed by atoms with E-state index in [0.717, 1.165) is 35.0 Å². The second kappa shape index (κ2) is 4.79. The maximum atomic E-state index is 12.3. The van der Waals surface area contributed by atoms with Crippen LogP contribution in [0.15, 0.2) is 24.3 Å². The fourth-order valence-electron chi connectivity index (χ4n) is 3.21. The Morgan fingerprint density at radius 2 is 2.10 bits per heavy atom. The molecule has 1 aliphatic carbocycles. The zero-order valence-corrected chi connectivity index (χ0v) is 11.5. The summed E-state index contributed by atoms with van der Waals surface area (Å²) >= 11 is 0. The van der Waals surface area contributed by atoms with Gasteiger partial charge in [-0.15, -0.1) is 0 Å². The van der Waals surface area contributed by atoms with Gasteiger partial charge in [0.1, 0.15) is 0 Å². The number of fused-ring (bicyclic) bond motifs is 3. The molecule has 1 atom stereocenters. The first-order valence-corrected chi connectivity index (χ1v) is 6.81. The number of halogens is 3. The van der Waals surface area contributed by atoms with Crippen LogP contribution in [0.5, 0.6) is 0 Å². The number of para-hydroxylation sites is 1. The highest BCUT2D eigenvalue weighted by molar-refractivity contribution is 5.87. The zero-order valence-electron chi connectivity index (χ0n) is 11.5. The van der Waals surface area contributed by atoms with Crippen molar-refractivity contribution in [1.29, 1.82) is 0 Å². The van der Waals surface area contributed by atoms with E-state index in [1.165, 1.54) is 0 Å². The number of nitrogens with one attached hydrogen (secondary N) is 1. The van der Waals surface area contributed by atoms with E-state index in [0.29, 0.717) is 0 Å². The van der Waals surface area contributed by atoms with Crippen molar-refractivity contribution >= 4 is 16.8 Å². The quantitative estimate of drug-likeness (QED) is 0.908. The number of carbonyl (C=O) groups is 1. The van der Waals surface area contributed by atoms with Gasteiger partial charge in [0.15, 0.2) is 0 Å². The molecule has 0 aliphatic heterocycles. The second-order valence-corrected chi connectivity index (χ2v) is 5.38. The minimum Gasteiger partial charge on any atom is -0.348 e. The van der Waals surface area contributed by atoms with Gasteiger partial charge in [-0.3, -0.25) is 4.79 Å². The third kappa shape index (κ3) is 2.28. The van der Waals surface area contributed by atoms with Crippen LogP contribution in [0.4, 0.5) is 13.2 Å². The molecule has 2 aromatic rings. The van der Waals surface area contributed by atoms with Crippen LogP contribution in [-0.4, -0.2) is 23.2 Å². The van der Waals surface area contributed by atoms with Gasteiger partial charge in [0.25, 0.3) is 0 Å². The Labute approximate surface area is 119 Å². The molecule has 0 saturated carbocycles. The summed E-state index contributed by atoms with van der Waals surface area (Å²) in [5, 5.41) is 3.07. The summed E-state index contributed by atoms with van der Waals surface area (Å²) in [5.74, 6) is -1.92. The molecule has 1 N–H and O–H groups in total. The van der Waals surface area contributed by atoms with E-state index in [4.69, 9.17) is 0 Å². The van der Waals surface area contributed by atoms with Crippen LogP contribution in [0.1, 0.15) is 23.6 Å². The number of rotatable bonds is 2. The fraction of sp³-hybridized carbons (Fsp3) is 0.400. The number of alkyl halides is 3. The molecule has 0 bridgehead atoms. The Morgan fingerprint density at radius 3 is 2.81 bits per heavy atom. The maximum absolute atomic E-state index is 12.3. The van der Waals surface area contributed by atoms with Gasteiger partial charge in [-0.25, -0.2) is 0 Å². The monoisotopic (exact) mass is 296 g/mol. The number of carbonyl (C=O) groups excluding carboxylic acids is 1. The molecule has 6 heteroatoms. The van der Waals surface area contributed by atoms with Gasteiger partial charge in [0.05, 0.1) is 0 Å². The summed E-state index contributed by atoms with van der Waals surface area (Å²) in [6, 6.07) is 7.85. The van der Waals surface area contributed by atoms with Crippen LogP contribution in [0.3, 0.4) is 0 Å². The van der Waals surface area contributed by atoms with Gasteiger partial charge < -0.3 is 9.88 Å². The Morgan fingerprint density at radius 1 is 1.38 bits per heavy atom. The van der Waals surface area contributed by atoms with Crippen molar-refractivity contribution in [3.8, 4) is 0 Å². The minimum atomic E-state index is -4.82. The molecule has 1 aromatic carbocycles. The van der Waals surface area contributed by atoms with Gasteiger partial charge in [0.2, 0.25) is 0 Å². The lowest BCUT2D eigenvalue weighted by Crippen LogP contribution is -2.38. The first-order chi connectivity index (χ1) is 9.89. The topological polar surface area (TPSA) is 34.0 Å². The number of benzene rings is 1. The lowest BCUT2D eigenvalue weighted by Gasteiger charge is -2.13. The van der Waals surface area contributed by atoms with Crippen molar-refractivity contribution in [2.75, 3.05) is 6.54 Å². The van der Waals surface area contributed by atoms with E-state index >= 15 is 0 Å². The lowest BCUT2D eigenvalue weighted by molar-refractivity contribution is -0.173. The van der Waals surface area contributed by atoms with Crippen LogP contribution in [0.25, 0.3) is 10.9 Å². The highest BCUT2D eigenvalue weighted by atomic mass is 19.4. The molecule has 1 amide bonds. The predicted octanol–water partition coefficient (Wildman–Crippen LogP) is 2.89. The third-order valence-electron chi connectivity index (χ3n) is 4.18. The van der Waals surface area contributed by atoms with E-state index in [9.17, 15) is 18.0 Å². The highest BCUT2D eigenvalue weighted by Gasteiger charge is 2.39. The van der Waals surface area contributed by atoms with E-state index in [1.807, 2.05) is 36.6 Å². The lowest BCUT2D eigenvalue weighted by atomic mass is 10.00. The molecule has 1 unspecified atom stereocenters. The summed E-state index contributed by atoms with van der Waals surface area (Å²) < 4.78 is 38.9. The smallest absolute Gasteiger partial charge is 0.348 e. The molecule has 1 aliphatic rings. The average molecular weight is 296 g/mol. The van der Waals surface area contributed by atoms with Gasteiger partial charge in [-0.1, -0.05) is 18.2 Å². The normalized spacial score (nSPS) is 18.0. The Bertz CT molecular complexity index is 703. The molecule has 112 valence electrons. The van der Waals surface area contributed by atoms with Crippen molar-refractivity contribution in [2.45, 2.75) is 24.9 Å². The Balaban J connectivity index is 1.87. The van der Waals surface area contributed by atoms with Crippen LogP contribution in [0.2, 0.25) is 0 Å². The Hall–Kier alpha value is -1.98. The standard InChI is InChI=1S/C15H15F3N2O/c1-20-11-5-3-2-4-10(11)13-9(6-7-12(13)20)8-19-14(21)15(16,17)18/h2-5,9H,6-8H2,1H3,(H,19,21). The molecule has 0 radical (unpaired) electrons. The van der Waals surface area contributed by atoms with Crippen LogP contribution in [0, 0.1) is 0 Å². The van der Waals surface area contributed by atoms with Gasteiger partial charge in [-0.2, -0.15) is 13.2 Å². The largest absolute Gasteiger partial charge is 0.471 e. The first-order valence-electron chi connectivity index (χ1n) is 6.81. The number of hydrogen-bond acceptors (Lipinski definition) is 1. The van der Waals surface area contributed by atoms with E-state index < -0.39 is 12.1 Å². The number of nitrogens with zero attached hydrogens (tertiary/aromatic N) is 1. The van der Waals surface area contributed by atoms with E-state index in [1.54, 1.807) is 0 Å². The predicted molar refractivity (Wildman–Crippen MR) is 73.0 cm³/mol. The number of aryl methyl sites for hydroxylation is 1. The maximum Gasteiger partial charge on any atom is 0.471 e. The zero-order chi connectivity index (χ0) is 15.2. The molecule has 0 spiro atoms. The Kier molecular flexibility index (Phi) is 3.19. The number of aromatic nitrogens is 1. The van der Waals surface area contributed by atoms with Crippen LogP contribution in [-0.2, 0) is 18.3 Å². The van der Waals surface area contributed by atoms with Crippen molar-refractivity contribution in [1.82, 2.24) is 9.88 Å². The van der Waals surface area contributed by atoms with Gasteiger partial charge in [-0.05, 0) is 24.5 Å². The first kappa shape index (κ1) is 14.0. The van der Waals surface area contributed by atoms with Crippen molar-refractivity contribution in [3.05, 3.63) is 35.5 Å². The van der Waals surface area contributed by atoms with Gasteiger partial charge in [0, 0.05) is 36.1 Å². The minimum absolute atomic E-state index is 0.0271. The van der Waals surface area contributed by atoms with Crippen molar-refractivity contribution < 1.29 is 18.0 Å². The molecular weight excluding hydrogens is 281 g/mol. The summed E-state index contributed by atoms with van der Waals surface area (Å²) in [5.41, 5.74) is 3.31. The summed E-state index contributed by atoms with van der Waals surface area (Å²) in [6.45, 7) is 0.0271. The summed E-state index contributed by atoms with van der Waals surface area (Å²) in [4.78, 5) is 11.0. The molecule has 3 nitrogen and oxygen atoms in total. The molecule has 1 heterocycles. The molecule has 21 heavy (non-hydrogen) atoms. The van der Waals surface area contributed by atoms with Crippen molar-refractivity contribution in [3.63, 3.8) is 0 Å². The molecule has 0 saturated heterocycles. The molecule has 3 rings (SSSR count). The van der Waals surface area contributed by atoms with E-state index in [-0.39, 0.29) is 12.5 Å².